The van der Waals surface area contributed by atoms with E-state index in [0.717, 1.165) is 0 Å². The molecule has 0 aromatic carbocycles. The van der Waals surface area contributed by atoms with Crippen molar-refractivity contribution >= 4 is 5.91 Å². The maximum atomic E-state index is 11.6. The average Bonchev–Trinajstić information content (AvgIpc) is 2.12. The number of amides is 1. The summed E-state index contributed by atoms with van der Waals surface area (Å²) >= 11 is 0. The Labute approximate surface area is 81.7 Å². The van der Waals surface area contributed by atoms with Gasteiger partial charge in [0.05, 0.1) is 5.69 Å². The minimum Gasteiger partial charge on any atom is -0.345 e. The zero-order valence-electron chi connectivity index (χ0n) is 8.71. The Morgan fingerprint density at radius 3 is 2.43 bits per heavy atom. The van der Waals surface area contributed by atoms with Gasteiger partial charge in [-0.3, -0.25) is 9.59 Å². The summed E-state index contributed by atoms with van der Waals surface area (Å²) in [4.78, 5) is 24.4. The molecular formula is C9H13N3O2. The van der Waals surface area contributed by atoms with E-state index in [1.54, 1.807) is 27.9 Å². The molecule has 0 aliphatic carbocycles. The van der Waals surface area contributed by atoms with E-state index in [1.807, 2.05) is 0 Å². The van der Waals surface area contributed by atoms with Gasteiger partial charge in [-0.05, 0) is 19.4 Å². The highest BCUT2D eigenvalue weighted by Crippen LogP contribution is 2.06. The topological polar surface area (TPSA) is 66.1 Å². The van der Waals surface area contributed by atoms with Crippen molar-refractivity contribution in [1.82, 2.24) is 15.1 Å². The van der Waals surface area contributed by atoms with Gasteiger partial charge in [-0.1, -0.05) is 0 Å². The summed E-state index contributed by atoms with van der Waals surface area (Å²) in [5.74, 6) is -0.297. The number of H-pyrrole nitrogens is 1. The fourth-order valence-electron chi connectivity index (χ4n) is 1.11. The predicted molar refractivity (Wildman–Crippen MR) is 52.3 cm³/mol. The fraction of sp³-hybridized carbons (Fsp3) is 0.444. The Morgan fingerprint density at radius 1 is 1.36 bits per heavy atom. The number of nitrogens with zero attached hydrogens (tertiary/aromatic N) is 2. The number of carbonyl (C=O) groups excluding carboxylic acids is 1. The third kappa shape index (κ3) is 1.66. The van der Waals surface area contributed by atoms with Crippen LogP contribution in [0.15, 0.2) is 4.79 Å². The molecule has 5 nitrogen and oxygen atoms in total. The van der Waals surface area contributed by atoms with Crippen molar-refractivity contribution < 1.29 is 4.79 Å². The van der Waals surface area contributed by atoms with Gasteiger partial charge in [0.1, 0.15) is 5.56 Å². The van der Waals surface area contributed by atoms with Gasteiger partial charge in [0.15, 0.2) is 0 Å². The lowest BCUT2D eigenvalue weighted by atomic mass is 10.1. The Hall–Kier alpha value is -1.65. The molecule has 0 aliphatic rings. The quantitative estimate of drug-likeness (QED) is 0.690. The van der Waals surface area contributed by atoms with E-state index in [0.29, 0.717) is 11.3 Å². The molecule has 1 aromatic rings. The van der Waals surface area contributed by atoms with Crippen LogP contribution in [0.4, 0.5) is 0 Å². The third-order valence-electron chi connectivity index (χ3n) is 2.09. The molecule has 0 bridgehead atoms. The summed E-state index contributed by atoms with van der Waals surface area (Å²) in [6.07, 6.45) is 0. The number of hydrogen-bond acceptors (Lipinski definition) is 3. The molecule has 0 aliphatic heterocycles. The smallest absolute Gasteiger partial charge is 0.277 e. The van der Waals surface area contributed by atoms with Crippen molar-refractivity contribution in [1.29, 1.82) is 0 Å². The minimum atomic E-state index is -0.438. The molecule has 0 saturated carbocycles. The first kappa shape index (κ1) is 10.4. The van der Waals surface area contributed by atoms with Crippen LogP contribution < -0.4 is 5.56 Å². The van der Waals surface area contributed by atoms with Gasteiger partial charge in [-0.25, -0.2) is 5.10 Å². The first-order chi connectivity index (χ1) is 6.45. The van der Waals surface area contributed by atoms with Crippen molar-refractivity contribution in [3.63, 3.8) is 0 Å². The second-order valence-electron chi connectivity index (χ2n) is 3.34. The summed E-state index contributed by atoms with van der Waals surface area (Å²) < 4.78 is 0. The van der Waals surface area contributed by atoms with E-state index in [4.69, 9.17) is 0 Å². The van der Waals surface area contributed by atoms with E-state index < -0.39 is 5.56 Å². The van der Waals surface area contributed by atoms with Crippen LogP contribution >= 0.6 is 0 Å². The number of rotatable bonds is 1. The lowest BCUT2D eigenvalue weighted by Gasteiger charge is -2.11. The Bertz CT molecular complexity index is 421. The number of nitrogens with one attached hydrogen (secondary N) is 1. The fourth-order valence-corrected chi connectivity index (χ4v) is 1.11. The van der Waals surface area contributed by atoms with Gasteiger partial charge in [0.2, 0.25) is 0 Å². The van der Waals surface area contributed by atoms with Gasteiger partial charge < -0.3 is 4.90 Å². The number of aromatic nitrogens is 2. The lowest BCUT2D eigenvalue weighted by Crippen LogP contribution is -2.30. The molecule has 0 unspecified atom stereocenters. The van der Waals surface area contributed by atoms with Crippen LogP contribution in [0.25, 0.3) is 0 Å². The standard InChI is InChI=1S/C9H13N3O2/c1-5-6(2)10-11-8(13)7(5)9(14)12(3)4/h1-4H3,(H,11,13). The Morgan fingerprint density at radius 2 is 1.93 bits per heavy atom. The van der Waals surface area contributed by atoms with Gasteiger partial charge in [-0.2, -0.15) is 5.10 Å². The van der Waals surface area contributed by atoms with E-state index in [-0.39, 0.29) is 11.5 Å². The number of aryl methyl sites for hydroxylation is 1. The van der Waals surface area contributed by atoms with Gasteiger partial charge in [0.25, 0.3) is 11.5 Å². The lowest BCUT2D eigenvalue weighted by molar-refractivity contribution is 0.0824. The van der Waals surface area contributed by atoms with Crippen LogP contribution in [0, 0.1) is 13.8 Å². The van der Waals surface area contributed by atoms with Crippen LogP contribution in [-0.2, 0) is 0 Å². The summed E-state index contributed by atoms with van der Waals surface area (Å²) in [5, 5.41) is 6.06. The van der Waals surface area contributed by atoms with Crippen LogP contribution in [0.2, 0.25) is 0 Å². The number of carbonyl (C=O) groups is 1. The third-order valence-corrected chi connectivity index (χ3v) is 2.09. The molecule has 14 heavy (non-hydrogen) atoms. The second-order valence-corrected chi connectivity index (χ2v) is 3.34. The molecule has 0 fully saturated rings. The molecule has 1 N–H and O–H groups in total. The SMILES string of the molecule is Cc1n[nH]c(=O)c(C(=O)N(C)C)c1C. The summed E-state index contributed by atoms with van der Waals surface area (Å²) in [6, 6.07) is 0. The molecule has 0 radical (unpaired) electrons. The number of aromatic amines is 1. The molecule has 0 atom stereocenters. The predicted octanol–water partition coefficient (Wildman–Crippen LogP) is 0.0885. The molecule has 0 saturated heterocycles. The average molecular weight is 195 g/mol. The van der Waals surface area contributed by atoms with Crippen molar-refractivity contribution in [2.24, 2.45) is 0 Å². The van der Waals surface area contributed by atoms with Crippen LogP contribution in [0.5, 0.6) is 0 Å². The van der Waals surface area contributed by atoms with Crippen molar-refractivity contribution in [2.45, 2.75) is 13.8 Å². The van der Waals surface area contributed by atoms with Crippen molar-refractivity contribution in [2.75, 3.05) is 14.1 Å². The molecule has 1 heterocycles. The Kier molecular flexibility index (Phi) is 2.69. The molecule has 1 rings (SSSR count). The monoisotopic (exact) mass is 195 g/mol. The van der Waals surface area contributed by atoms with Crippen molar-refractivity contribution in [3.8, 4) is 0 Å². The molecule has 0 spiro atoms. The molecule has 76 valence electrons. The Balaban J connectivity index is 3.40. The number of hydrogen-bond donors (Lipinski definition) is 1. The van der Waals surface area contributed by atoms with Crippen molar-refractivity contribution in [3.05, 3.63) is 27.2 Å². The second kappa shape index (κ2) is 3.61. The van der Waals surface area contributed by atoms with E-state index >= 15 is 0 Å². The first-order valence-electron chi connectivity index (χ1n) is 4.22. The van der Waals surface area contributed by atoms with E-state index in [9.17, 15) is 9.59 Å². The zero-order chi connectivity index (χ0) is 10.9. The highest BCUT2D eigenvalue weighted by molar-refractivity contribution is 5.95. The molecular weight excluding hydrogens is 182 g/mol. The van der Waals surface area contributed by atoms with E-state index in [2.05, 4.69) is 10.2 Å². The minimum absolute atomic E-state index is 0.169. The van der Waals surface area contributed by atoms with Gasteiger partial charge in [-0.15, -0.1) is 0 Å². The molecule has 5 heteroatoms. The largest absolute Gasteiger partial charge is 0.345 e. The molecule has 1 aromatic heterocycles. The molecule has 1 amide bonds. The maximum Gasteiger partial charge on any atom is 0.277 e. The highest BCUT2D eigenvalue weighted by Gasteiger charge is 2.17. The van der Waals surface area contributed by atoms with Gasteiger partial charge in [0, 0.05) is 14.1 Å². The zero-order valence-corrected chi connectivity index (χ0v) is 8.71. The van der Waals surface area contributed by atoms with Crippen LogP contribution in [-0.4, -0.2) is 35.1 Å². The first-order valence-corrected chi connectivity index (χ1v) is 4.22. The summed E-state index contributed by atoms with van der Waals surface area (Å²) in [7, 11) is 3.22. The summed E-state index contributed by atoms with van der Waals surface area (Å²) in [6.45, 7) is 3.46. The maximum absolute atomic E-state index is 11.6. The van der Waals surface area contributed by atoms with E-state index in [1.165, 1.54) is 4.90 Å². The highest BCUT2D eigenvalue weighted by atomic mass is 16.2. The summed E-state index contributed by atoms with van der Waals surface area (Å²) in [5.41, 5.74) is 1.02. The van der Waals surface area contributed by atoms with Crippen LogP contribution in [0.3, 0.4) is 0 Å². The van der Waals surface area contributed by atoms with Crippen LogP contribution in [0.1, 0.15) is 21.6 Å². The van der Waals surface area contributed by atoms with Gasteiger partial charge >= 0.3 is 0 Å². The normalized spacial score (nSPS) is 10.0.